The van der Waals surface area contributed by atoms with Crippen LogP contribution in [-0.4, -0.2) is 60.8 Å². The fourth-order valence-electron chi connectivity index (χ4n) is 3.10. The Bertz CT molecular complexity index is 600. The Balaban J connectivity index is 1.82. The molecular formula is C13H21N5O2S. The van der Waals surface area contributed by atoms with Gasteiger partial charge in [-0.05, 0) is 26.2 Å². The van der Waals surface area contributed by atoms with Gasteiger partial charge in [-0.3, -0.25) is 0 Å². The van der Waals surface area contributed by atoms with Gasteiger partial charge in [0.05, 0.1) is 17.7 Å². The lowest BCUT2D eigenvalue weighted by atomic mass is 10.2. The van der Waals surface area contributed by atoms with E-state index in [4.69, 9.17) is 0 Å². The van der Waals surface area contributed by atoms with Gasteiger partial charge < -0.3 is 9.80 Å². The highest BCUT2D eigenvalue weighted by molar-refractivity contribution is 7.91. The molecule has 116 valence electrons. The van der Waals surface area contributed by atoms with Crippen molar-refractivity contribution in [2.45, 2.75) is 32.2 Å². The van der Waals surface area contributed by atoms with Crippen LogP contribution in [0.2, 0.25) is 0 Å². The van der Waals surface area contributed by atoms with Gasteiger partial charge in [-0.2, -0.15) is 10.1 Å². The average Bonchev–Trinajstić information content (AvgIpc) is 3.10. The third kappa shape index (κ3) is 3.09. The van der Waals surface area contributed by atoms with E-state index in [-0.39, 0.29) is 17.5 Å². The van der Waals surface area contributed by atoms with Crippen molar-refractivity contribution in [3.05, 3.63) is 6.20 Å². The largest absolute Gasteiger partial charge is 0.351 e. The summed E-state index contributed by atoms with van der Waals surface area (Å²) in [6.07, 6.45) is 4.62. The zero-order valence-electron chi connectivity index (χ0n) is 12.3. The zero-order valence-corrected chi connectivity index (χ0v) is 13.1. The van der Waals surface area contributed by atoms with E-state index in [1.165, 1.54) is 0 Å². The Morgan fingerprint density at radius 2 is 2.14 bits per heavy atom. The van der Waals surface area contributed by atoms with Gasteiger partial charge in [-0.15, -0.1) is 5.10 Å². The summed E-state index contributed by atoms with van der Waals surface area (Å²) in [6, 6.07) is 0.00290. The highest BCUT2D eigenvalue weighted by atomic mass is 32.2. The molecule has 2 aliphatic heterocycles. The smallest absolute Gasteiger partial charge is 0.247 e. The van der Waals surface area contributed by atoms with Gasteiger partial charge in [0.1, 0.15) is 0 Å². The molecule has 7 nitrogen and oxygen atoms in total. The van der Waals surface area contributed by atoms with Gasteiger partial charge in [0.25, 0.3) is 0 Å². The molecular weight excluding hydrogens is 290 g/mol. The van der Waals surface area contributed by atoms with Crippen LogP contribution in [0.5, 0.6) is 0 Å². The van der Waals surface area contributed by atoms with Crippen LogP contribution in [0.1, 0.15) is 26.2 Å². The van der Waals surface area contributed by atoms with Crippen LogP contribution < -0.4 is 9.80 Å². The van der Waals surface area contributed by atoms with Gasteiger partial charge >= 0.3 is 0 Å². The Morgan fingerprint density at radius 1 is 1.38 bits per heavy atom. The number of hydrogen-bond acceptors (Lipinski definition) is 7. The van der Waals surface area contributed by atoms with Crippen molar-refractivity contribution >= 4 is 21.6 Å². The lowest BCUT2D eigenvalue weighted by molar-refractivity contribution is 0.599. The number of rotatable bonds is 4. The van der Waals surface area contributed by atoms with Crippen molar-refractivity contribution in [2.24, 2.45) is 0 Å². The van der Waals surface area contributed by atoms with Crippen LogP contribution in [0.25, 0.3) is 0 Å². The van der Waals surface area contributed by atoms with E-state index in [9.17, 15) is 8.42 Å². The minimum atomic E-state index is -2.90. The Kier molecular flexibility index (Phi) is 3.97. The van der Waals surface area contributed by atoms with Crippen LogP contribution >= 0.6 is 0 Å². The summed E-state index contributed by atoms with van der Waals surface area (Å²) in [5, 5.41) is 8.17. The second kappa shape index (κ2) is 5.75. The molecule has 0 bridgehead atoms. The maximum absolute atomic E-state index is 11.7. The first-order valence-corrected chi connectivity index (χ1v) is 9.33. The molecule has 0 saturated carbocycles. The summed E-state index contributed by atoms with van der Waals surface area (Å²) < 4.78 is 23.4. The normalized spacial score (nSPS) is 24.4. The van der Waals surface area contributed by atoms with Crippen molar-refractivity contribution in [3.63, 3.8) is 0 Å². The number of aromatic nitrogens is 3. The molecule has 3 heterocycles. The summed E-state index contributed by atoms with van der Waals surface area (Å²) in [4.78, 5) is 8.78. The maximum atomic E-state index is 11.7. The second-order valence-electron chi connectivity index (χ2n) is 5.65. The first kappa shape index (κ1) is 14.5. The second-order valence-corrected chi connectivity index (χ2v) is 7.88. The van der Waals surface area contributed by atoms with Crippen LogP contribution in [-0.2, 0) is 9.84 Å². The number of nitrogens with zero attached hydrogens (tertiary/aromatic N) is 5. The van der Waals surface area contributed by atoms with E-state index >= 15 is 0 Å². The Morgan fingerprint density at radius 3 is 2.76 bits per heavy atom. The molecule has 0 N–H and O–H groups in total. The highest BCUT2D eigenvalue weighted by Crippen LogP contribution is 2.24. The summed E-state index contributed by atoms with van der Waals surface area (Å²) in [5.41, 5.74) is 0. The molecule has 2 aliphatic rings. The summed E-state index contributed by atoms with van der Waals surface area (Å²) in [7, 11) is -2.90. The first-order chi connectivity index (χ1) is 10.1. The third-order valence-corrected chi connectivity index (χ3v) is 5.96. The average molecular weight is 311 g/mol. The van der Waals surface area contributed by atoms with Crippen molar-refractivity contribution < 1.29 is 8.42 Å². The summed E-state index contributed by atoms with van der Waals surface area (Å²) in [6.45, 7) is 4.67. The van der Waals surface area contributed by atoms with Gasteiger partial charge in [0.15, 0.2) is 15.7 Å². The van der Waals surface area contributed by atoms with Gasteiger partial charge in [0.2, 0.25) is 5.95 Å². The van der Waals surface area contributed by atoms with Gasteiger partial charge in [0, 0.05) is 25.7 Å². The van der Waals surface area contributed by atoms with E-state index < -0.39 is 9.84 Å². The van der Waals surface area contributed by atoms with Gasteiger partial charge in [-0.1, -0.05) is 0 Å². The molecule has 1 atom stereocenters. The lowest BCUT2D eigenvalue weighted by Crippen LogP contribution is -2.37. The molecule has 0 amide bonds. The van der Waals surface area contributed by atoms with Crippen LogP contribution in [0.4, 0.5) is 11.8 Å². The van der Waals surface area contributed by atoms with Gasteiger partial charge in [-0.25, -0.2) is 8.42 Å². The topological polar surface area (TPSA) is 79.3 Å². The SMILES string of the molecule is CCN(c1cnnc(N2CCCC2)n1)C1CCS(=O)(=O)C1. The number of hydrogen-bond donors (Lipinski definition) is 0. The fourth-order valence-corrected chi connectivity index (χ4v) is 4.83. The van der Waals surface area contributed by atoms with E-state index in [0.29, 0.717) is 12.4 Å². The van der Waals surface area contributed by atoms with E-state index in [2.05, 4.69) is 20.1 Å². The minimum Gasteiger partial charge on any atom is -0.351 e. The summed E-state index contributed by atoms with van der Waals surface area (Å²) >= 11 is 0. The van der Waals surface area contributed by atoms with E-state index in [0.717, 1.165) is 38.3 Å². The highest BCUT2D eigenvalue weighted by Gasteiger charge is 2.32. The van der Waals surface area contributed by atoms with Crippen molar-refractivity contribution in [1.82, 2.24) is 15.2 Å². The molecule has 8 heteroatoms. The predicted octanol–water partition coefficient (Wildman–Crippen LogP) is 0.485. The van der Waals surface area contributed by atoms with Crippen LogP contribution in [0.15, 0.2) is 6.20 Å². The Labute approximate surface area is 125 Å². The molecule has 1 aromatic heterocycles. The molecule has 21 heavy (non-hydrogen) atoms. The van der Waals surface area contributed by atoms with Crippen LogP contribution in [0.3, 0.4) is 0 Å². The fraction of sp³-hybridized carbons (Fsp3) is 0.769. The molecule has 1 aromatic rings. The lowest BCUT2D eigenvalue weighted by Gasteiger charge is -2.28. The molecule has 2 saturated heterocycles. The molecule has 1 unspecified atom stereocenters. The number of anilines is 2. The molecule has 0 aliphatic carbocycles. The van der Waals surface area contributed by atoms with Crippen LogP contribution in [0, 0.1) is 0 Å². The molecule has 0 radical (unpaired) electrons. The monoisotopic (exact) mass is 311 g/mol. The maximum Gasteiger partial charge on any atom is 0.247 e. The molecule has 0 spiro atoms. The number of sulfone groups is 1. The van der Waals surface area contributed by atoms with Crippen molar-refractivity contribution in [1.29, 1.82) is 0 Å². The van der Waals surface area contributed by atoms with Crippen molar-refractivity contribution in [3.8, 4) is 0 Å². The van der Waals surface area contributed by atoms with E-state index in [1.807, 2.05) is 11.8 Å². The van der Waals surface area contributed by atoms with E-state index in [1.54, 1.807) is 6.20 Å². The predicted molar refractivity (Wildman–Crippen MR) is 81.4 cm³/mol. The summed E-state index contributed by atoms with van der Waals surface area (Å²) in [5.74, 6) is 1.87. The quantitative estimate of drug-likeness (QED) is 0.800. The standard InChI is InChI=1S/C13H21N5O2S/c1-2-18(11-5-8-21(19,20)10-11)12-9-14-16-13(15-12)17-6-3-4-7-17/h9,11H,2-8,10H2,1H3. The first-order valence-electron chi connectivity index (χ1n) is 7.51. The zero-order chi connectivity index (χ0) is 14.9. The molecule has 3 rings (SSSR count). The van der Waals surface area contributed by atoms with Crippen molar-refractivity contribution in [2.75, 3.05) is 40.9 Å². The molecule has 0 aromatic carbocycles. The molecule has 2 fully saturated rings. The minimum absolute atomic E-state index is 0.00290. The Hall–Kier alpha value is -1.44. The third-order valence-electron chi connectivity index (χ3n) is 4.21.